The van der Waals surface area contributed by atoms with Crippen molar-refractivity contribution in [2.75, 3.05) is 38.0 Å². The monoisotopic (exact) mass is 464 g/mol. The molecule has 0 bridgehead atoms. The summed E-state index contributed by atoms with van der Waals surface area (Å²) in [6.45, 7) is 9.49. The van der Waals surface area contributed by atoms with Crippen LogP contribution < -0.4 is 16.0 Å². The van der Waals surface area contributed by atoms with Crippen molar-refractivity contribution in [2.24, 2.45) is 0 Å². The van der Waals surface area contributed by atoms with Crippen molar-refractivity contribution < 1.29 is 4.79 Å². The Labute approximate surface area is 199 Å². The van der Waals surface area contributed by atoms with Crippen LogP contribution in [0.1, 0.15) is 42.1 Å². The number of nitrogens with one attached hydrogen (secondary N) is 3. The molecule has 1 aromatic carbocycles. The average molecular weight is 465 g/mol. The molecule has 1 saturated carbocycles. The number of carbonyl (C=O) groups is 1. The van der Waals surface area contributed by atoms with E-state index in [4.69, 9.17) is 4.98 Å². The van der Waals surface area contributed by atoms with Gasteiger partial charge in [0.2, 0.25) is 5.95 Å². The molecule has 3 heterocycles. The lowest BCUT2D eigenvalue weighted by Gasteiger charge is -2.33. The zero-order chi connectivity index (χ0) is 22.8. The van der Waals surface area contributed by atoms with E-state index in [9.17, 15) is 4.79 Å². The number of nitrogens with zero attached hydrogens (tertiary/aromatic N) is 3. The number of aromatic nitrogens is 2. The summed E-state index contributed by atoms with van der Waals surface area (Å²) in [5, 5.41) is 10.9. The molecule has 1 aliphatic heterocycles. The van der Waals surface area contributed by atoms with E-state index in [0.29, 0.717) is 18.0 Å². The van der Waals surface area contributed by atoms with Gasteiger partial charge in [-0.25, -0.2) is 9.97 Å². The molecule has 2 fully saturated rings. The Bertz CT molecular complexity index is 1140. The molecule has 2 aliphatic rings. The number of thiophene rings is 1. The van der Waals surface area contributed by atoms with Crippen LogP contribution in [-0.2, 0) is 0 Å². The van der Waals surface area contributed by atoms with Crippen LogP contribution in [0.3, 0.4) is 0 Å². The lowest BCUT2D eigenvalue weighted by molar-refractivity contribution is 0.0953. The van der Waals surface area contributed by atoms with Gasteiger partial charge in [0.25, 0.3) is 5.91 Å². The first-order chi connectivity index (χ1) is 16.1. The second-order valence-corrected chi connectivity index (χ2v) is 10.3. The Morgan fingerprint density at radius 3 is 3.03 bits per heavy atom. The van der Waals surface area contributed by atoms with Gasteiger partial charge in [-0.2, -0.15) is 0 Å². The van der Waals surface area contributed by atoms with Crippen LogP contribution in [-0.4, -0.2) is 65.6 Å². The zero-order valence-corrected chi connectivity index (χ0v) is 20.2. The van der Waals surface area contributed by atoms with Crippen molar-refractivity contribution in [3.63, 3.8) is 0 Å². The third kappa shape index (κ3) is 5.18. The van der Waals surface area contributed by atoms with Gasteiger partial charge >= 0.3 is 0 Å². The zero-order valence-electron chi connectivity index (χ0n) is 19.4. The highest BCUT2D eigenvalue weighted by atomic mass is 32.1. The lowest BCUT2D eigenvalue weighted by atomic mass is 10.1. The molecule has 8 heteroatoms. The van der Waals surface area contributed by atoms with E-state index >= 15 is 0 Å². The highest BCUT2D eigenvalue weighted by Crippen LogP contribution is 2.36. The van der Waals surface area contributed by atoms with Gasteiger partial charge < -0.3 is 16.0 Å². The molecule has 1 saturated heterocycles. The molecule has 0 radical (unpaired) electrons. The first kappa shape index (κ1) is 22.3. The van der Waals surface area contributed by atoms with Gasteiger partial charge in [-0.15, -0.1) is 11.3 Å². The molecule has 3 aromatic rings. The van der Waals surface area contributed by atoms with Gasteiger partial charge in [0.1, 0.15) is 0 Å². The van der Waals surface area contributed by atoms with E-state index in [2.05, 4.69) is 44.9 Å². The third-order valence-corrected chi connectivity index (χ3v) is 7.57. The first-order valence-corrected chi connectivity index (χ1v) is 12.8. The maximum atomic E-state index is 12.7. The van der Waals surface area contributed by atoms with Crippen molar-refractivity contribution in [2.45, 2.75) is 45.2 Å². The fourth-order valence-electron chi connectivity index (χ4n) is 4.34. The topological polar surface area (TPSA) is 82.2 Å². The van der Waals surface area contributed by atoms with Gasteiger partial charge in [0, 0.05) is 66.7 Å². The van der Waals surface area contributed by atoms with Gasteiger partial charge in [-0.05, 0) is 56.9 Å². The highest BCUT2D eigenvalue weighted by Gasteiger charge is 2.25. The largest absolute Gasteiger partial charge is 0.354 e. The fourth-order valence-corrected chi connectivity index (χ4v) is 5.48. The van der Waals surface area contributed by atoms with E-state index < -0.39 is 0 Å². The number of aryl methyl sites for hydroxylation is 1. The molecule has 33 heavy (non-hydrogen) atoms. The first-order valence-electron chi connectivity index (χ1n) is 11.9. The predicted molar refractivity (Wildman–Crippen MR) is 135 cm³/mol. The SMILES string of the molecule is Cc1cnc(NCCCN2CCNC[C@H]2C)nc1-c1cc2c(C(=O)NC3CC3)cccc2s1. The Morgan fingerprint density at radius 1 is 1.33 bits per heavy atom. The van der Waals surface area contributed by atoms with Crippen LogP contribution in [0.5, 0.6) is 0 Å². The molecule has 3 N–H and O–H groups in total. The number of anilines is 1. The maximum absolute atomic E-state index is 12.7. The Morgan fingerprint density at radius 2 is 2.21 bits per heavy atom. The number of carbonyl (C=O) groups excluding carboxylic acids is 1. The minimum absolute atomic E-state index is 0.0213. The molecule has 5 rings (SSSR count). The molecular formula is C25H32N6OS. The molecule has 174 valence electrons. The Kier molecular flexibility index (Phi) is 6.57. The van der Waals surface area contributed by atoms with Crippen molar-refractivity contribution in [1.82, 2.24) is 25.5 Å². The number of hydrogen-bond donors (Lipinski definition) is 3. The summed E-state index contributed by atoms with van der Waals surface area (Å²) in [5.41, 5.74) is 2.71. The van der Waals surface area contributed by atoms with E-state index in [-0.39, 0.29) is 5.91 Å². The number of rotatable bonds is 8. The number of benzene rings is 1. The summed E-state index contributed by atoms with van der Waals surface area (Å²) in [4.78, 5) is 25.6. The second kappa shape index (κ2) is 9.75. The normalized spacial score (nSPS) is 19.0. The fraction of sp³-hybridized carbons (Fsp3) is 0.480. The molecule has 1 atom stereocenters. The summed E-state index contributed by atoms with van der Waals surface area (Å²) >= 11 is 1.68. The second-order valence-electron chi connectivity index (χ2n) is 9.17. The molecule has 2 aromatic heterocycles. The van der Waals surface area contributed by atoms with Gasteiger partial charge in [-0.1, -0.05) is 6.07 Å². The molecule has 1 aliphatic carbocycles. The maximum Gasteiger partial charge on any atom is 0.252 e. The van der Waals surface area contributed by atoms with Crippen LogP contribution in [0, 0.1) is 6.92 Å². The summed E-state index contributed by atoms with van der Waals surface area (Å²) in [6.07, 6.45) is 5.11. The average Bonchev–Trinajstić information content (AvgIpc) is 3.52. The minimum Gasteiger partial charge on any atom is -0.354 e. The van der Waals surface area contributed by atoms with E-state index in [1.807, 2.05) is 25.3 Å². The van der Waals surface area contributed by atoms with Crippen LogP contribution in [0.15, 0.2) is 30.5 Å². The number of amides is 1. The van der Waals surface area contributed by atoms with E-state index in [1.54, 1.807) is 11.3 Å². The Hall–Kier alpha value is -2.55. The standard InChI is InChI=1S/C25H32N6OS/c1-16-14-28-25(27-9-4-11-31-12-10-26-15-17(31)2)30-23(16)22-13-20-19(5-3-6-21(20)33-22)24(32)29-18-7-8-18/h3,5-6,13-14,17-18,26H,4,7-12,15H2,1-2H3,(H,29,32)(H,27,28,30)/t17-/m1/s1. The molecule has 0 spiro atoms. The summed E-state index contributed by atoms with van der Waals surface area (Å²) < 4.78 is 1.10. The van der Waals surface area contributed by atoms with Crippen LogP contribution in [0.4, 0.5) is 5.95 Å². The van der Waals surface area contributed by atoms with Gasteiger partial charge in [0.15, 0.2) is 0 Å². The van der Waals surface area contributed by atoms with Crippen LogP contribution >= 0.6 is 11.3 Å². The van der Waals surface area contributed by atoms with Crippen molar-refractivity contribution in [3.05, 3.63) is 41.6 Å². The van der Waals surface area contributed by atoms with Gasteiger partial charge in [-0.3, -0.25) is 9.69 Å². The summed E-state index contributed by atoms with van der Waals surface area (Å²) in [6, 6.07) is 8.99. The third-order valence-electron chi connectivity index (χ3n) is 6.47. The number of fused-ring (bicyclic) bond motifs is 1. The quantitative estimate of drug-likeness (QED) is 0.442. The van der Waals surface area contributed by atoms with Gasteiger partial charge in [0.05, 0.1) is 10.6 Å². The minimum atomic E-state index is 0.0213. The Balaban J connectivity index is 1.29. The molecule has 1 amide bonds. The van der Waals surface area contributed by atoms with Crippen molar-refractivity contribution in [1.29, 1.82) is 0 Å². The highest BCUT2D eigenvalue weighted by molar-refractivity contribution is 7.22. The summed E-state index contributed by atoms with van der Waals surface area (Å²) in [7, 11) is 0. The van der Waals surface area contributed by atoms with Crippen LogP contribution in [0.25, 0.3) is 20.7 Å². The number of piperazine rings is 1. The number of hydrogen-bond acceptors (Lipinski definition) is 7. The van der Waals surface area contributed by atoms with E-state index in [0.717, 1.165) is 83.8 Å². The molecular weight excluding hydrogens is 432 g/mol. The smallest absolute Gasteiger partial charge is 0.252 e. The van der Waals surface area contributed by atoms with E-state index in [1.165, 1.54) is 0 Å². The molecule has 0 unspecified atom stereocenters. The van der Waals surface area contributed by atoms with Crippen LogP contribution in [0.2, 0.25) is 0 Å². The predicted octanol–water partition coefficient (Wildman–Crippen LogP) is 3.65. The lowest BCUT2D eigenvalue weighted by Crippen LogP contribution is -2.50. The van der Waals surface area contributed by atoms with Crippen molar-refractivity contribution in [3.8, 4) is 10.6 Å². The van der Waals surface area contributed by atoms with Crippen molar-refractivity contribution >= 4 is 33.3 Å². The molecule has 7 nitrogen and oxygen atoms in total. The summed E-state index contributed by atoms with van der Waals surface area (Å²) in [5.74, 6) is 0.682.